The maximum Gasteiger partial charge on any atom is 0.312 e. The lowest BCUT2D eigenvalue weighted by atomic mass is 9.78. The molecule has 1 N–H and O–H groups in total. The quantitative estimate of drug-likeness (QED) is 0.519. The Morgan fingerprint density at radius 1 is 1.06 bits per heavy atom. The lowest BCUT2D eigenvalue weighted by molar-refractivity contribution is -0.155. The fourth-order valence-electron chi connectivity index (χ4n) is 6.34. The van der Waals surface area contributed by atoms with Gasteiger partial charge >= 0.3 is 5.97 Å². The molecule has 4 aliphatic heterocycles. The number of ether oxygens (including phenoxy) is 2. The van der Waals surface area contributed by atoms with Crippen LogP contribution in [0.4, 0.5) is 0 Å². The van der Waals surface area contributed by atoms with Crippen molar-refractivity contribution in [2.45, 2.75) is 68.7 Å². The van der Waals surface area contributed by atoms with Gasteiger partial charge in [-0.2, -0.15) is 0 Å². The highest BCUT2D eigenvalue weighted by atomic mass is 16.6. The molecule has 32 heavy (non-hydrogen) atoms. The van der Waals surface area contributed by atoms with Gasteiger partial charge in [0.25, 0.3) is 0 Å². The summed E-state index contributed by atoms with van der Waals surface area (Å²) in [5, 5.41) is 9.69. The van der Waals surface area contributed by atoms with Gasteiger partial charge in [0, 0.05) is 19.1 Å². The molecular weight excluding hydrogens is 412 g/mol. The molecule has 0 aromatic heterocycles. The molecule has 4 heterocycles. The van der Waals surface area contributed by atoms with Gasteiger partial charge in [0.2, 0.25) is 11.8 Å². The molecule has 5 aliphatic rings. The number of aliphatic hydroxyl groups excluding tert-OH is 1. The van der Waals surface area contributed by atoms with Crippen LogP contribution in [0.2, 0.25) is 0 Å². The number of esters is 1. The number of cyclic esters (lactones) is 1. The van der Waals surface area contributed by atoms with E-state index in [2.05, 4.69) is 0 Å². The minimum atomic E-state index is -1.23. The standard InChI is InChI=1S/C24H32N2O6/c27-14-13-26-20-22(29)25(16-8-3-1-4-9-16)12-7-11-24(20)19(21(26)28)18-17(32-24)10-5-2-6-15-31-23(18)30/h5,7,10-11,16-20,27H,1-4,6,8-9,12-15H2/b10-5-/t17-,18+,19-,20?,24-/m0/s1. The van der Waals surface area contributed by atoms with Crippen LogP contribution in [0.25, 0.3) is 0 Å². The molecule has 5 atom stereocenters. The normalized spacial score (nSPS) is 38.8. The predicted octanol–water partition coefficient (Wildman–Crippen LogP) is 1.18. The van der Waals surface area contributed by atoms with Gasteiger partial charge in [-0.1, -0.05) is 43.6 Å². The zero-order valence-electron chi connectivity index (χ0n) is 18.4. The van der Waals surface area contributed by atoms with Gasteiger partial charge < -0.3 is 24.4 Å². The molecule has 8 heteroatoms. The number of hydrogen-bond acceptors (Lipinski definition) is 6. The third-order valence-corrected chi connectivity index (χ3v) is 7.74. The monoisotopic (exact) mass is 444 g/mol. The molecule has 3 fully saturated rings. The highest BCUT2D eigenvalue weighted by molar-refractivity contribution is 5.99. The molecule has 8 nitrogen and oxygen atoms in total. The van der Waals surface area contributed by atoms with Crippen molar-refractivity contribution >= 4 is 17.8 Å². The van der Waals surface area contributed by atoms with Gasteiger partial charge in [-0.15, -0.1) is 0 Å². The van der Waals surface area contributed by atoms with E-state index in [1.54, 1.807) is 0 Å². The van der Waals surface area contributed by atoms with Crippen molar-refractivity contribution < 1.29 is 29.0 Å². The van der Waals surface area contributed by atoms with Crippen LogP contribution in [0.15, 0.2) is 24.3 Å². The zero-order valence-corrected chi connectivity index (χ0v) is 18.4. The Morgan fingerprint density at radius 2 is 1.88 bits per heavy atom. The van der Waals surface area contributed by atoms with Gasteiger partial charge in [-0.05, 0) is 25.7 Å². The van der Waals surface area contributed by atoms with Crippen molar-refractivity contribution in [3.8, 4) is 0 Å². The van der Waals surface area contributed by atoms with Crippen LogP contribution < -0.4 is 0 Å². The van der Waals surface area contributed by atoms with Gasteiger partial charge in [0.05, 0.1) is 25.2 Å². The Morgan fingerprint density at radius 3 is 2.66 bits per heavy atom. The topological polar surface area (TPSA) is 96.4 Å². The molecule has 1 spiro atoms. The van der Waals surface area contributed by atoms with Crippen molar-refractivity contribution in [1.29, 1.82) is 0 Å². The largest absolute Gasteiger partial charge is 0.465 e. The van der Waals surface area contributed by atoms with E-state index in [1.807, 2.05) is 29.2 Å². The van der Waals surface area contributed by atoms with Gasteiger partial charge in [-0.25, -0.2) is 0 Å². The van der Waals surface area contributed by atoms with E-state index in [9.17, 15) is 19.5 Å². The maximum absolute atomic E-state index is 14.0. The number of hydrogen-bond donors (Lipinski definition) is 1. The summed E-state index contributed by atoms with van der Waals surface area (Å²) in [7, 11) is 0. The minimum absolute atomic E-state index is 0.0332. The average Bonchev–Trinajstić information content (AvgIpc) is 3.20. The number of likely N-dealkylation sites (tertiary alicyclic amines) is 1. The van der Waals surface area contributed by atoms with E-state index >= 15 is 0 Å². The average molecular weight is 445 g/mol. The second-order valence-corrected chi connectivity index (χ2v) is 9.52. The van der Waals surface area contributed by atoms with E-state index in [0.717, 1.165) is 38.5 Å². The first kappa shape index (κ1) is 21.6. The molecule has 0 aromatic rings. The van der Waals surface area contributed by atoms with Crippen LogP contribution in [0, 0.1) is 11.8 Å². The third kappa shape index (κ3) is 3.30. The maximum atomic E-state index is 14.0. The van der Waals surface area contributed by atoms with Crippen molar-refractivity contribution in [2.24, 2.45) is 11.8 Å². The first-order chi connectivity index (χ1) is 15.6. The lowest BCUT2D eigenvalue weighted by Crippen LogP contribution is -2.57. The number of nitrogens with zero attached hydrogens (tertiary/aromatic N) is 2. The molecule has 0 aromatic carbocycles. The molecule has 2 saturated heterocycles. The van der Waals surface area contributed by atoms with Gasteiger partial charge in [0.1, 0.15) is 17.6 Å². The molecule has 1 saturated carbocycles. The van der Waals surface area contributed by atoms with E-state index in [1.165, 1.54) is 11.3 Å². The number of allylic oxidation sites excluding steroid dienone is 1. The number of rotatable bonds is 3. The smallest absolute Gasteiger partial charge is 0.312 e. The second kappa shape index (κ2) is 8.63. The highest BCUT2D eigenvalue weighted by Gasteiger charge is 2.71. The van der Waals surface area contributed by atoms with E-state index in [0.29, 0.717) is 13.2 Å². The summed E-state index contributed by atoms with van der Waals surface area (Å²) in [5.74, 6) is -2.55. The molecule has 1 unspecified atom stereocenters. The summed E-state index contributed by atoms with van der Waals surface area (Å²) in [4.78, 5) is 44.0. The van der Waals surface area contributed by atoms with Crippen molar-refractivity contribution in [3.63, 3.8) is 0 Å². The number of β-amino-alcohol motifs (C(OH)–C–C–N with tert-alkyl or cyclic N) is 1. The molecule has 0 radical (unpaired) electrons. The first-order valence-electron chi connectivity index (χ1n) is 12.0. The number of amides is 2. The SMILES string of the molecule is O=C1OCCC/C=C\[C@@H]2O[C@]34C=CCN(C5CCCCC5)C(=O)C3N(CCO)C(=O)[C@@H]4[C@H]12. The van der Waals surface area contributed by atoms with E-state index < -0.39 is 35.6 Å². The van der Waals surface area contributed by atoms with Crippen LogP contribution in [0.5, 0.6) is 0 Å². The number of carbonyl (C=O) groups is 3. The van der Waals surface area contributed by atoms with Crippen LogP contribution in [0.1, 0.15) is 44.9 Å². The summed E-state index contributed by atoms with van der Waals surface area (Å²) < 4.78 is 12.0. The Labute approximate surface area is 188 Å². The summed E-state index contributed by atoms with van der Waals surface area (Å²) in [6.45, 7) is 0.540. The second-order valence-electron chi connectivity index (χ2n) is 9.52. The Hall–Kier alpha value is -2.19. The Bertz CT molecular complexity index is 834. The highest BCUT2D eigenvalue weighted by Crippen LogP contribution is 2.53. The molecule has 1 aliphatic carbocycles. The Kier molecular flexibility index (Phi) is 5.84. The fourth-order valence-corrected chi connectivity index (χ4v) is 6.34. The fraction of sp³-hybridized carbons (Fsp3) is 0.708. The Balaban J connectivity index is 1.56. The summed E-state index contributed by atoms with van der Waals surface area (Å²) in [6, 6.07) is -0.742. The zero-order chi connectivity index (χ0) is 22.3. The molecule has 2 amide bonds. The number of carbonyl (C=O) groups excluding carboxylic acids is 3. The molecular formula is C24H32N2O6. The molecule has 174 valence electrons. The minimum Gasteiger partial charge on any atom is -0.465 e. The first-order valence-corrected chi connectivity index (χ1v) is 12.0. The lowest BCUT2D eigenvalue weighted by Gasteiger charge is -2.39. The molecule has 0 bridgehead atoms. The van der Waals surface area contributed by atoms with Crippen molar-refractivity contribution in [1.82, 2.24) is 9.80 Å². The van der Waals surface area contributed by atoms with Gasteiger partial charge in [0.15, 0.2) is 0 Å². The van der Waals surface area contributed by atoms with Crippen LogP contribution in [-0.2, 0) is 23.9 Å². The summed E-state index contributed by atoms with van der Waals surface area (Å²) in [5.41, 5.74) is -1.23. The number of aliphatic hydroxyl groups is 1. The van der Waals surface area contributed by atoms with Crippen molar-refractivity contribution in [3.05, 3.63) is 24.3 Å². The summed E-state index contributed by atoms with van der Waals surface area (Å²) >= 11 is 0. The number of fused-ring (bicyclic) bond motifs is 2. The van der Waals surface area contributed by atoms with E-state index in [-0.39, 0.29) is 31.0 Å². The van der Waals surface area contributed by atoms with Crippen LogP contribution >= 0.6 is 0 Å². The third-order valence-electron chi connectivity index (χ3n) is 7.74. The van der Waals surface area contributed by atoms with Crippen LogP contribution in [0.3, 0.4) is 0 Å². The summed E-state index contributed by atoms with van der Waals surface area (Å²) in [6.07, 6.45) is 13.7. The van der Waals surface area contributed by atoms with Gasteiger partial charge in [-0.3, -0.25) is 14.4 Å². The van der Waals surface area contributed by atoms with E-state index in [4.69, 9.17) is 9.47 Å². The predicted molar refractivity (Wildman–Crippen MR) is 114 cm³/mol. The van der Waals surface area contributed by atoms with Crippen LogP contribution in [-0.4, -0.2) is 82.8 Å². The van der Waals surface area contributed by atoms with Crippen molar-refractivity contribution in [2.75, 3.05) is 26.3 Å². The molecule has 5 rings (SSSR count).